The summed E-state index contributed by atoms with van der Waals surface area (Å²) in [6.45, 7) is 1.64. The minimum Gasteiger partial charge on any atom is -0.421 e. The highest BCUT2D eigenvalue weighted by molar-refractivity contribution is 9.10. The maximum absolute atomic E-state index is 13.6. The number of hydrogen-bond donors (Lipinski definition) is 2. The fraction of sp³-hybridized carbons (Fsp3) is 0.0833. The van der Waals surface area contributed by atoms with Crippen LogP contribution in [0.1, 0.15) is 11.4 Å². The topological polar surface area (TPSA) is 84.9 Å². The Balaban J connectivity index is 2.42. The van der Waals surface area contributed by atoms with Crippen molar-refractivity contribution in [1.29, 1.82) is 5.41 Å². The first kappa shape index (κ1) is 14.3. The summed E-state index contributed by atoms with van der Waals surface area (Å²) in [6, 6.07) is 3.48. The SMILES string of the molecule is Cc1cc(C(=N)N)nc(Oc2cc(Br)cc(F)c2F)n1. The molecule has 104 valence electrons. The number of nitrogens with zero attached hydrogens (tertiary/aromatic N) is 2. The van der Waals surface area contributed by atoms with Crippen LogP contribution < -0.4 is 10.5 Å². The van der Waals surface area contributed by atoms with Gasteiger partial charge in [-0.3, -0.25) is 5.41 Å². The Morgan fingerprint density at radius 1 is 1.30 bits per heavy atom. The van der Waals surface area contributed by atoms with E-state index in [0.717, 1.165) is 6.07 Å². The van der Waals surface area contributed by atoms with Crippen LogP contribution in [0.5, 0.6) is 11.8 Å². The smallest absolute Gasteiger partial charge is 0.322 e. The third kappa shape index (κ3) is 3.08. The van der Waals surface area contributed by atoms with Gasteiger partial charge in [0, 0.05) is 10.2 Å². The summed E-state index contributed by atoms with van der Waals surface area (Å²) in [5, 5.41) is 7.31. The minimum atomic E-state index is -1.15. The average molecular weight is 343 g/mol. The monoisotopic (exact) mass is 342 g/mol. The highest BCUT2D eigenvalue weighted by Crippen LogP contribution is 2.28. The van der Waals surface area contributed by atoms with Crippen molar-refractivity contribution in [2.45, 2.75) is 6.92 Å². The number of nitrogens with two attached hydrogens (primary N) is 1. The number of nitrogen functional groups attached to an aromatic ring is 1. The van der Waals surface area contributed by atoms with Crippen LogP contribution in [0.15, 0.2) is 22.7 Å². The summed E-state index contributed by atoms with van der Waals surface area (Å²) in [6.07, 6.45) is 0. The van der Waals surface area contributed by atoms with Crippen molar-refractivity contribution in [3.63, 3.8) is 0 Å². The molecule has 1 aromatic heterocycles. The van der Waals surface area contributed by atoms with Crippen LogP contribution in [0.25, 0.3) is 0 Å². The number of halogens is 3. The van der Waals surface area contributed by atoms with Crippen LogP contribution in [0, 0.1) is 24.0 Å². The summed E-state index contributed by atoms with van der Waals surface area (Å²) in [4.78, 5) is 7.76. The van der Waals surface area contributed by atoms with Gasteiger partial charge in [-0.25, -0.2) is 9.37 Å². The van der Waals surface area contributed by atoms with Gasteiger partial charge in [0.05, 0.1) is 0 Å². The van der Waals surface area contributed by atoms with Crippen molar-refractivity contribution in [2.24, 2.45) is 5.73 Å². The van der Waals surface area contributed by atoms with E-state index >= 15 is 0 Å². The zero-order valence-corrected chi connectivity index (χ0v) is 11.8. The number of benzene rings is 1. The van der Waals surface area contributed by atoms with Gasteiger partial charge < -0.3 is 10.5 Å². The molecule has 20 heavy (non-hydrogen) atoms. The second kappa shape index (κ2) is 5.49. The number of rotatable bonds is 3. The summed E-state index contributed by atoms with van der Waals surface area (Å²) in [7, 11) is 0. The van der Waals surface area contributed by atoms with Crippen molar-refractivity contribution < 1.29 is 13.5 Å². The molecule has 1 aromatic carbocycles. The van der Waals surface area contributed by atoms with Crippen molar-refractivity contribution >= 4 is 21.8 Å². The Labute approximate surface area is 121 Å². The van der Waals surface area contributed by atoms with E-state index in [1.165, 1.54) is 12.1 Å². The van der Waals surface area contributed by atoms with Gasteiger partial charge >= 0.3 is 6.01 Å². The van der Waals surface area contributed by atoms with Crippen molar-refractivity contribution in [1.82, 2.24) is 9.97 Å². The van der Waals surface area contributed by atoms with E-state index in [1.807, 2.05) is 0 Å². The molecule has 0 unspecified atom stereocenters. The third-order valence-corrected chi connectivity index (χ3v) is 2.73. The summed E-state index contributed by atoms with van der Waals surface area (Å²) in [5.74, 6) is -2.85. The van der Waals surface area contributed by atoms with E-state index in [1.54, 1.807) is 6.92 Å². The first-order valence-corrected chi connectivity index (χ1v) is 6.18. The largest absolute Gasteiger partial charge is 0.421 e. The molecule has 2 aromatic rings. The molecule has 0 aliphatic rings. The fourth-order valence-electron chi connectivity index (χ4n) is 1.43. The van der Waals surface area contributed by atoms with Crippen LogP contribution >= 0.6 is 15.9 Å². The molecule has 0 aliphatic carbocycles. The summed E-state index contributed by atoms with van der Waals surface area (Å²) < 4.78 is 32.3. The molecule has 0 radical (unpaired) electrons. The first-order chi connectivity index (χ1) is 9.36. The van der Waals surface area contributed by atoms with E-state index in [4.69, 9.17) is 15.9 Å². The van der Waals surface area contributed by atoms with Crippen molar-refractivity contribution in [3.05, 3.63) is 45.7 Å². The molecule has 5 nitrogen and oxygen atoms in total. The fourth-order valence-corrected chi connectivity index (χ4v) is 1.84. The molecular weight excluding hydrogens is 334 g/mol. The Bertz CT molecular complexity index is 693. The Morgan fingerprint density at radius 3 is 2.65 bits per heavy atom. The van der Waals surface area contributed by atoms with E-state index in [0.29, 0.717) is 10.2 Å². The lowest BCUT2D eigenvalue weighted by Gasteiger charge is -2.08. The summed E-state index contributed by atoms with van der Waals surface area (Å²) in [5.41, 5.74) is 5.94. The normalized spacial score (nSPS) is 10.4. The maximum atomic E-state index is 13.6. The molecule has 0 fully saturated rings. The van der Waals surface area contributed by atoms with Gasteiger partial charge in [-0.1, -0.05) is 15.9 Å². The maximum Gasteiger partial charge on any atom is 0.322 e. The number of ether oxygens (including phenoxy) is 1. The number of aryl methyl sites for hydroxylation is 1. The molecule has 0 aliphatic heterocycles. The lowest BCUT2D eigenvalue weighted by atomic mass is 10.3. The van der Waals surface area contributed by atoms with Gasteiger partial charge in [0.1, 0.15) is 11.5 Å². The van der Waals surface area contributed by atoms with Gasteiger partial charge in [0.25, 0.3) is 0 Å². The third-order valence-electron chi connectivity index (χ3n) is 2.27. The van der Waals surface area contributed by atoms with E-state index < -0.39 is 11.6 Å². The van der Waals surface area contributed by atoms with Crippen LogP contribution in [0.3, 0.4) is 0 Å². The average Bonchev–Trinajstić information content (AvgIpc) is 2.34. The first-order valence-electron chi connectivity index (χ1n) is 5.39. The van der Waals surface area contributed by atoms with Gasteiger partial charge in [0.2, 0.25) is 5.82 Å². The van der Waals surface area contributed by atoms with Crippen LogP contribution in [-0.2, 0) is 0 Å². The van der Waals surface area contributed by atoms with Gasteiger partial charge in [-0.05, 0) is 25.1 Å². The molecule has 8 heteroatoms. The predicted octanol–water partition coefficient (Wildman–Crippen LogP) is 2.90. The minimum absolute atomic E-state index is 0.142. The van der Waals surface area contributed by atoms with Gasteiger partial charge in [-0.2, -0.15) is 9.37 Å². The molecule has 0 bridgehead atoms. The summed E-state index contributed by atoms with van der Waals surface area (Å²) >= 11 is 3.03. The molecule has 0 amide bonds. The van der Waals surface area contributed by atoms with Crippen LogP contribution in [0.2, 0.25) is 0 Å². The van der Waals surface area contributed by atoms with Crippen LogP contribution in [0.4, 0.5) is 8.78 Å². The molecule has 0 spiro atoms. The molecule has 0 saturated carbocycles. The number of aromatic nitrogens is 2. The molecule has 1 heterocycles. The Morgan fingerprint density at radius 2 is 2.00 bits per heavy atom. The van der Waals surface area contributed by atoms with E-state index in [9.17, 15) is 8.78 Å². The standard InChI is InChI=1S/C12H9BrF2N4O/c1-5-2-8(11(16)17)19-12(18-5)20-9-4-6(13)3-7(14)10(9)15/h2-4H,1H3,(H3,16,17). The molecule has 0 saturated heterocycles. The number of amidine groups is 1. The van der Waals surface area contributed by atoms with Crippen molar-refractivity contribution in [3.8, 4) is 11.8 Å². The predicted molar refractivity (Wildman–Crippen MR) is 71.9 cm³/mol. The zero-order chi connectivity index (χ0) is 14.9. The molecule has 0 atom stereocenters. The number of hydrogen-bond acceptors (Lipinski definition) is 4. The Kier molecular flexibility index (Phi) is 3.93. The molecular formula is C12H9BrF2N4O. The lowest BCUT2D eigenvalue weighted by Crippen LogP contribution is -2.14. The van der Waals surface area contributed by atoms with Crippen molar-refractivity contribution in [2.75, 3.05) is 0 Å². The highest BCUT2D eigenvalue weighted by Gasteiger charge is 2.14. The highest BCUT2D eigenvalue weighted by atomic mass is 79.9. The van der Waals surface area contributed by atoms with Gasteiger partial charge in [0.15, 0.2) is 11.6 Å². The van der Waals surface area contributed by atoms with E-state index in [2.05, 4.69) is 25.9 Å². The quantitative estimate of drug-likeness (QED) is 0.510. The van der Waals surface area contributed by atoms with Crippen LogP contribution in [-0.4, -0.2) is 15.8 Å². The lowest BCUT2D eigenvalue weighted by molar-refractivity contribution is 0.391. The Hall–Kier alpha value is -2.09. The zero-order valence-electron chi connectivity index (χ0n) is 10.2. The molecule has 3 N–H and O–H groups in total. The van der Waals surface area contributed by atoms with E-state index in [-0.39, 0.29) is 23.3 Å². The second-order valence-electron chi connectivity index (χ2n) is 3.89. The second-order valence-corrected chi connectivity index (χ2v) is 4.81. The molecule has 2 rings (SSSR count). The van der Waals surface area contributed by atoms with Gasteiger partial charge in [-0.15, -0.1) is 0 Å². The number of nitrogens with one attached hydrogen (secondary N) is 1.